The molecule has 1 heterocycles. The Balaban J connectivity index is 1.80. The van der Waals surface area contributed by atoms with Gasteiger partial charge in [0.25, 0.3) is 0 Å². The normalized spacial score (nSPS) is 30.2. The van der Waals surface area contributed by atoms with E-state index in [1.807, 2.05) is 12.2 Å². The summed E-state index contributed by atoms with van der Waals surface area (Å²) in [4.78, 5) is 2.43. The minimum atomic E-state index is -4.29. The Bertz CT molecular complexity index is 813. The Morgan fingerprint density at radius 1 is 1.31 bits per heavy atom. The number of halogens is 3. The summed E-state index contributed by atoms with van der Waals surface area (Å²) in [7, 11) is 0. The molecular formula is C22H24F3N. The Kier molecular flexibility index (Phi) is 4.07. The van der Waals surface area contributed by atoms with Crippen LogP contribution in [0.4, 0.5) is 13.2 Å². The average Bonchev–Trinajstić information content (AvgIpc) is 3.15. The third-order valence-electron chi connectivity index (χ3n) is 6.70. The zero-order chi connectivity index (χ0) is 18.5. The van der Waals surface area contributed by atoms with E-state index < -0.39 is 11.7 Å². The summed E-state index contributed by atoms with van der Waals surface area (Å²) >= 11 is 0. The van der Waals surface area contributed by atoms with Crippen molar-refractivity contribution < 1.29 is 13.2 Å². The highest BCUT2D eigenvalue weighted by molar-refractivity contribution is 5.43. The molecule has 1 fully saturated rings. The van der Waals surface area contributed by atoms with E-state index in [0.29, 0.717) is 12.0 Å². The van der Waals surface area contributed by atoms with E-state index in [-0.39, 0.29) is 5.41 Å². The number of fused-ring (bicyclic) bond motifs is 2. The lowest BCUT2D eigenvalue weighted by Crippen LogP contribution is -2.55. The van der Waals surface area contributed by atoms with E-state index in [1.54, 1.807) is 6.07 Å². The van der Waals surface area contributed by atoms with Crippen LogP contribution in [0.2, 0.25) is 0 Å². The van der Waals surface area contributed by atoms with Crippen LogP contribution >= 0.6 is 0 Å². The molecule has 0 aromatic heterocycles. The summed E-state index contributed by atoms with van der Waals surface area (Å²) in [5.74, 6) is 0.362. The fourth-order valence-corrected chi connectivity index (χ4v) is 5.19. The van der Waals surface area contributed by atoms with Crippen molar-refractivity contribution in [2.24, 2.45) is 5.92 Å². The second kappa shape index (κ2) is 6.06. The van der Waals surface area contributed by atoms with Crippen LogP contribution in [-0.2, 0) is 18.0 Å². The maximum absolute atomic E-state index is 13.3. The van der Waals surface area contributed by atoms with E-state index in [4.69, 9.17) is 0 Å². The molecule has 1 aromatic rings. The first kappa shape index (κ1) is 17.5. The summed E-state index contributed by atoms with van der Waals surface area (Å²) in [6.07, 6.45) is 5.55. The number of nitrogens with zero attached hydrogens (tertiary/aromatic N) is 1. The van der Waals surface area contributed by atoms with Crippen molar-refractivity contribution in [3.8, 4) is 0 Å². The van der Waals surface area contributed by atoms with Crippen LogP contribution in [0.25, 0.3) is 0 Å². The van der Waals surface area contributed by atoms with E-state index in [2.05, 4.69) is 30.6 Å². The van der Waals surface area contributed by atoms with Gasteiger partial charge in [-0.3, -0.25) is 0 Å². The molecule has 1 aliphatic heterocycles. The minimum Gasteiger partial charge on any atom is -0.362 e. The fourth-order valence-electron chi connectivity index (χ4n) is 5.19. The summed E-state index contributed by atoms with van der Waals surface area (Å²) in [5, 5.41) is 0. The van der Waals surface area contributed by atoms with Gasteiger partial charge in [0.15, 0.2) is 0 Å². The molecule has 26 heavy (non-hydrogen) atoms. The van der Waals surface area contributed by atoms with Crippen molar-refractivity contribution in [2.75, 3.05) is 6.54 Å². The van der Waals surface area contributed by atoms with Crippen LogP contribution in [0.15, 0.2) is 47.9 Å². The van der Waals surface area contributed by atoms with E-state index in [1.165, 1.54) is 12.1 Å². The highest BCUT2D eigenvalue weighted by Crippen LogP contribution is 2.50. The van der Waals surface area contributed by atoms with Gasteiger partial charge >= 0.3 is 6.18 Å². The minimum absolute atomic E-state index is 0.231. The van der Waals surface area contributed by atoms with Gasteiger partial charge < -0.3 is 4.90 Å². The molecule has 4 rings (SSSR count). The van der Waals surface area contributed by atoms with Gasteiger partial charge in [-0.1, -0.05) is 31.7 Å². The molecule has 3 unspecified atom stereocenters. The van der Waals surface area contributed by atoms with Crippen LogP contribution in [0.5, 0.6) is 0 Å². The molecule has 138 valence electrons. The van der Waals surface area contributed by atoms with E-state index in [0.717, 1.165) is 49.1 Å². The maximum atomic E-state index is 13.3. The highest BCUT2D eigenvalue weighted by Gasteiger charge is 2.48. The Hall–Kier alpha value is -1.93. The monoisotopic (exact) mass is 359 g/mol. The molecule has 1 nitrogen and oxygen atoms in total. The van der Waals surface area contributed by atoms with Crippen molar-refractivity contribution in [1.29, 1.82) is 0 Å². The zero-order valence-electron chi connectivity index (χ0n) is 15.2. The van der Waals surface area contributed by atoms with Crippen molar-refractivity contribution >= 4 is 0 Å². The second-order valence-corrected chi connectivity index (χ2v) is 7.91. The third-order valence-corrected chi connectivity index (χ3v) is 6.70. The quantitative estimate of drug-likeness (QED) is 0.620. The zero-order valence-corrected chi connectivity index (χ0v) is 15.2. The van der Waals surface area contributed by atoms with Gasteiger partial charge in [-0.2, -0.15) is 13.2 Å². The number of hydrogen-bond acceptors (Lipinski definition) is 1. The van der Waals surface area contributed by atoms with Crippen LogP contribution < -0.4 is 0 Å². The standard InChI is InChI=1S/C22H24F3N/c1-3-21(2)18-9-6-12-26(17-7-4-5-8-17)20(18)13-15-10-11-16(14-19(15)21)22(23,24)25/h4-5,7,10-11,14,18,20H,3,6,9,12-13H2,1-2H3. The van der Waals surface area contributed by atoms with E-state index >= 15 is 0 Å². The van der Waals surface area contributed by atoms with Crippen molar-refractivity contribution in [2.45, 2.75) is 57.2 Å². The summed E-state index contributed by atoms with van der Waals surface area (Å²) in [6, 6.07) is 4.71. The first-order valence-corrected chi connectivity index (χ1v) is 9.45. The molecule has 3 atom stereocenters. The Morgan fingerprint density at radius 2 is 2.12 bits per heavy atom. The van der Waals surface area contributed by atoms with Crippen molar-refractivity contribution in [3.05, 3.63) is 64.5 Å². The second-order valence-electron chi connectivity index (χ2n) is 7.91. The number of benzene rings is 1. The average molecular weight is 359 g/mol. The lowest BCUT2D eigenvalue weighted by Gasteiger charge is -2.54. The van der Waals surface area contributed by atoms with Gasteiger partial charge in [0.1, 0.15) is 0 Å². The molecule has 0 spiro atoms. The topological polar surface area (TPSA) is 3.24 Å². The van der Waals surface area contributed by atoms with Gasteiger partial charge in [-0.15, -0.1) is 0 Å². The maximum Gasteiger partial charge on any atom is 0.416 e. The smallest absolute Gasteiger partial charge is 0.362 e. The summed E-state index contributed by atoms with van der Waals surface area (Å²) < 4.78 is 39.8. The molecular weight excluding hydrogens is 335 g/mol. The molecule has 2 aliphatic carbocycles. The molecule has 0 saturated carbocycles. The summed E-state index contributed by atoms with van der Waals surface area (Å²) in [6.45, 7) is 5.28. The lowest BCUT2D eigenvalue weighted by atomic mass is 9.58. The molecule has 0 N–H and O–H groups in total. The predicted octanol–water partition coefficient (Wildman–Crippen LogP) is 5.62. The predicted molar refractivity (Wildman–Crippen MR) is 96.7 cm³/mol. The number of alkyl halides is 3. The van der Waals surface area contributed by atoms with Gasteiger partial charge in [-0.05, 0) is 72.4 Å². The number of allylic oxidation sites excluding steroid dienone is 2. The van der Waals surface area contributed by atoms with Gasteiger partial charge in [0.05, 0.1) is 11.3 Å². The van der Waals surface area contributed by atoms with Crippen LogP contribution in [-0.4, -0.2) is 17.5 Å². The summed E-state index contributed by atoms with van der Waals surface area (Å²) in [5.41, 5.74) is 5.66. The number of piperidine rings is 1. The van der Waals surface area contributed by atoms with Crippen LogP contribution in [0.1, 0.15) is 49.8 Å². The Morgan fingerprint density at radius 3 is 2.77 bits per heavy atom. The van der Waals surface area contributed by atoms with Crippen molar-refractivity contribution in [1.82, 2.24) is 4.90 Å². The van der Waals surface area contributed by atoms with Crippen LogP contribution in [0.3, 0.4) is 0 Å². The largest absolute Gasteiger partial charge is 0.416 e. The Labute approximate surface area is 152 Å². The van der Waals surface area contributed by atoms with Gasteiger partial charge in [0.2, 0.25) is 0 Å². The molecule has 3 aliphatic rings. The number of likely N-dealkylation sites (tertiary alicyclic amines) is 1. The van der Waals surface area contributed by atoms with E-state index in [9.17, 15) is 13.2 Å². The van der Waals surface area contributed by atoms with Crippen LogP contribution in [0, 0.1) is 5.92 Å². The molecule has 1 aromatic carbocycles. The highest BCUT2D eigenvalue weighted by atomic mass is 19.4. The molecule has 4 heteroatoms. The molecule has 0 bridgehead atoms. The number of rotatable bonds is 2. The first-order valence-electron chi connectivity index (χ1n) is 9.45. The molecule has 0 amide bonds. The molecule has 1 saturated heterocycles. The van der Waals surface area contributed by atoms with Gasteiger partial charge in [0, 0.05) is 12.6 Å². The van der Waals surface area contributed by atoms with Gasteiger partial charge in [-0.25, -0.2) is 0 Å². The molecule has 0 radical (unpaired) electrons. The third kappa shape index (κ3) is 2.63. The lowest BCUT2D eigenvalue weighted by molar-refractivity contribution is -0.137. The SMILES string of the molecule is CCC1(C)c2cc(C(F)(F)F)ccc2CC2C1CCCN2C1=C=CC=C1. The number of hydrogen-bond donors (Lipinski definition) is 0. The fraction of sp³-hybridized carbons (Fsp3) is 0.500. The first-order chi connectivity index (χ1) is 12.3. The van der Waals surface area contributed by atoms with Crippen molar-refractivity contribution in [3.63, 3.8) is 0 Å².